The van der Waals surface area contributed by atoms with Crippen LogP contribution in [-0.4, -0.2) is 62.4 Å². The summed E-state index contributed by atoms with van der Waals surface area (Å²) in [5.41, 5.74) is 2.63. The number of nitrogens with zero attached hydrogens (tertiary/aromatic N) is 5. The first-order valence-electron chi connectivity index (χ1n) is 16.1. The number of nitrogens with one attached hydrogen (secondary N) is 2. The maximum absolute atomic E-state index is 13.2. The molecule has 4 aromatic rings. The third-order valence-electron chi connectivity index (χ3n) is 9.45. The molecule has 2 N–H and O–H groups in total. The van der Waals surface area contributed by atoms with Gasteiger partial charge in [0.25, 0.3) is 5.56 Å². The molecule has 6 rings (SSSR count). The van der Waals surface area contributed by atoms with Gasteiger partial charge in [0.15, 0.2) is 5.82 Å². The second-order valence-corrected chi connectivity index (χ2v) is 14.1. The Morgan fingerprint density at radius 3 is 2.43 bits per heavy atom. The second kappa shape index (κ2) is 12.3. The van der Waals surface area contributed by atoms with Crippen LogP contribution in [0.3, 0.4) is 0 Å². The van der Waals surface area contributed by atoms with E-state index >= 15 is 0 Å². The number of likely N-dealkylation sites (tertiary alicyclic amines) is 2. The number of hydrogen-bond acceptors (Lipinski definition) is 7. The summed E-state index contributed by atoms with van der Waals surface area (Å²) in [5, 5.41) is 18.7. The molecule has 1 atom stereocenters. The molecule has 0 aliphatic carbocycles. The van der Waals surface area contributed by atoms with Gasteiger partial charge in [-0.15, -0.1) is 0 Å². The molecule has 2 aliphatic heterocycles. The zero-order valence-corrected chi connectivity index (χ0v) is 27.2. The fraction of sp³-hybridized carbons (Fsp3) is 0.444. The Kier molecular flexibility index (Phi) is 8.38. The third kappa shape index (κ3) is 6.38. The number of aromatic nitrogens is 3. The first-order valence-corrected chi connectivity index (χ1v) is 16.1. The highest BCUT2D eigenvalue weighted by Crippen LogP contribution is 2.39. The van der Waals surface area contributed by atoms with Crippen molar-refractivity contribution in [3.8, 4) is 6.07 Å². The summed E-state index contributed by atoms with van der Waals surface area (Å²) in [6.07, 6.45) is 3.56. The third-order valence-corrected chi connectivity index (χ3v) is 9.45. The van der Waals surface area contributed by atoms with Crippen LogP contribution in [0.1, 0.15) is 64.5 Å². The Hall–Kier alpha value is -4.62. The normalized spacial score (nSPS) is 20.0. The zero-order valence-electron chi connectivity index (χ0n) is 27.2. The minimum atomic E-state index is -0.675. The first kappa shape index (κ1) is 31.4. The van der Waals surface area contributed by atoms with E-state index in [1.165, 1.54) is 11.1 Å². The Morgan fingerprint density at radius 1 is 1.04 bits per heavy atom. The molecular formula is C36H43N7O3. The Morgan fingerprint density at radius 2 is 1.76 bits per heavy atom. The number of H-pyrrole nitrogens is 1. The molecule has 4 heterocycles. The van der Waals surface area contributed by atoms with E-state index in [9.17, 15) is 14.9 Å². The van der Waals surface area contributed by atoms with Crippen LogP contribution >= 0.6 is 0 Å². The van der Waals surface area contributed by atoms with E-state index in [1.54, 1.807) is 11.1 Å². The highest BCUT2D eigenvalue weighted by molar-refractivity contribution is 5.91. The van der Waals surface area contributed by atoms with Crippen LogP contribution in [0.5, 0.6) is 0 Å². The fourth-order valence-electron chi connectivity index (χ4n) is 6.93. The second-order valence-electron chi connectivity index (χ2n) is 14.1. The van der Waals surface area contributed by atoms with Gasteiger partial charge in [-0.2, -0.15) is 10.4 Å². The molecular weight excluding hydrogens is 578 g/mol. The quantitative estimate of drug-likeness (QED) is 0.250. The van der Waals surface area contributed by atoms with Crippen LogP contribution < -0.4 is 10.9 Å². The summed E-state index contributed by atoms with van der Waals surface area (Å²) in [5.74, 6) is 0.442. The molecule has 46 heavy (non-hydrogen) atoms. The topological polar surface area (TPSA) is 119 Å². The van der Waals surface area contributed by atoms with Crippen molar-refractivity contribution < 1.29 is 9.53 Å². The van der Waals surface area contributed by atoms with Crippen molar-refractivity contribution in [2.24, 2.45) is 0 Å². The highest BCUT2D eigenvalue weighted by Gasteiger charge is 2.41. The Balaban J connectivity index is 1.22. The zero-order chi connectivity index (χ0) is 32.5. The van der Waals surface area contributed by atoms with Gasteiger partial charge in [-0.3, -0.25) is 14.4 Å². The fourth-order valence-corrected chi connectivity index (χ4v) is 6.93. The van der Waals surface area contributed by atoms with Gasteiger partial charge in [-0.25, -0.2) is 4.79 Å². The van der Waals surface area contributed by atoms with E-state index in [2.05, 4.69) is 70.7 Å². The maximum Gasteiger partial charge on any atom is 0.410 e. The maximum atomic E-state index is 13.2. The van der Waals surface area contributed by atoms with Crippen LogP contribution in [0.4, 0.5) is 16.3 Å². The molecule has 10 heteroatoms. The van der Waals surface area contributed by atoms with E-state index in [-0.39, 0.29) is 23.5 Å². The molecule has 2 fully saturated rings. The van der Waals surface area contributed by atoms with Gasteiger partial charge in [0.05, 0.1) is 23.5 Å². The number of pyridine rings is 1. The van der Waals surface area contributed by atoms with Gasteiger partial charge in [0.2, 0.25) is 0 Å². The Bertz CT molecular complexity index is 1790. The molecule has 240 valence electrons. The van der Waals surface area contributed by atoms with Gasteiger partial charge in [0, 0.05) is 43.5 Å². The predicted octanol–water partition coefficient (Wildman–Crippen LogP) is 6.27. The van der Waals surface area contributed by atoms with Crippen molar-refractivity contribution in [1.29, 1.82) is 5.26 Å². The number of carbonyl (C=O) groups is 1. The molecule has 2 saturated heterocycles. The molecule has 2 aromatic heterocycles. The summed E-state index contributed by atoms with van der Waals surface area (Å²) in [6.45, 7) is 11.7. The van der Waals surface area contributed by atoms with E-state index in [1.807, 2.05) is 43.7 Å². The molecule has 0 bridgehead atoms. The molecule has 2 aliphatic rings. The number of fused-ring (bicyclic) bond motifs is 1. The van der Waals surface area contributed by atoms with E-state index in [0.29, 0.717) is 42.7 Å². The SMILES string of the molecule is CC(C)(C)OC(=O)N1CCC(CC#N)(n2nc(Nc3ccc(C4(C)CCN(Cc5ccccc5)C4)cc3)c3c(=O)[nH]ccc32)CC1. The van der Waals surface area contributed by atoms with Crippen molar-refractivity contribution in [2.75, 3.05) is 31.5 Å². The van der Waals surface area contributed by atoms with Crippen molar-refractivity contribution in [1.82, 2.24) is 24.6 Å². The number of anilines is 2. The van der Waals surface area contributed by atoms with Crippen LogP contribution in [0.2, 0.25) is 0 Å². The molecule has 2 aromatic carbocycles. The van der Waals surface area contributed by atoms with E-state index in [4.69, 9.17) is 9.84 Å². The lowest BCUT2D eigenvalue weighted by Crippen LogP contribution is -2.49. The molecule has 1 amide bonds. The minimum Gasteiger partial charge on any atom is -0.444 e. The summed E-state index contributed by atoms with van der Waals surface area (Å²) >= 11 is 0. The number of hydrogen-bond donors (Lipinski definition) is 2. The van der Waals surface area contributed by atoms with Crippen LogP contribution in [0, 0.1) is 11.3 Å². The summed E-state index contributed by atoms with van der Waals surface area (Å²) in [7, 11) is 0. The lowest BCUT2D eigenvalue weighted by molar-refractivity contribution is 0.0110. The lowest BCUT2D eigenvalue weighted by Gasteiger charge is -2.41. The van der Waals surface area contributed by atoms with Gasteiger partial charge in [-0.1, -0.05) is 49.4 Å². The molecule has 0 radical (unpaired) electrons. The predicted molar refractivity (Wildman–Crippen MR) is 179 cm³/mol. The molecule has 1 unspecified atom stereocenters. The van der Waals surface area contributed by atoms with E-state index in [0.717, 1.165) is 31.7 Å². The van der Waals surface area contributed by atoms with Crippen molar-refractivity contribution in [3.63, 3.8) is 0 Å². The van der Waals surface area contributed by atoms with Crippen LogP contribution in [-0.2, 0) is 22.2 Å². The lowest BCUT2D eigenvalue weighted by atomic mass is 9.82. The standard InChI is InChI=1S/C36H43N7O3/c1-34(2,3)46-33(45)42-22-17-36(15-19-37,18-23-42)43-29-14-20-38-32(44)30(29)31(40-43)39-28-12-10-27(11-13-28)35(4)16-21-41(25-35)24-26-8-6-5-7-9-26/h5-14,20H,15-18,21-25H2,1-4H3,(H,38,44)(H,39,40). The number of nitriles is 1. The van der Waals surface area contributed by atoms with E-state index < -0.39 is 11.1 Å². The molecule has 0 spiro atoms. The summed E-state index contributed by atoms with van der Waals surface area (Å²) in [4.78, 5) is 32.9. The molecule has 10 nitrogen and oxygen atoms in total. The van der Waals surface area contributed by atoms with Gasteiger partial charge in [-0.05, 0) is 75.9 Å². The highest BCUT2D eigenvalue weighted by atomic mass is 16.6. The number of rotatable bonds is 7. The number of carbonyl (C=O) groups excluding carboxylic acids is 1. The van der Waals surface area contributed by atoms with Gasteiger partial charge in [0.1, 0.15) is 11.0 Å². The average molecular weight is 622 g/mol. The summed E-state index contributed by atoms with van der Waals surface area (Å²) < 4.78 is 7.42. The monoisotopic (exact) mass is 621 g/mol. The number of aromatic amines is 1. The average Bonchev–Trinajstić information content (AvgIpc) is 3.59. The smallest absolute Gasteiger partial charge is 0.410 e. The van der Waals surface area contributed by atoms with Crippen molar-refractivity contribution >= 4 is 28.5 Å². The number of piperidine rings is 1. The number of ether oxygens (including phenoxy) is 1. The largest absolute Gasteiger partial charge is 0.444 e. The van der Waals surface area contributed by atoms with Gasteiger partial charge >= 0.3 is 6.09 Å². The first-order chi connectivity index (χ1) is 22.0. The number of benzene rings is 2. The Labute approximate surface area is 270 Å². The van der Waals surface area contributed by atoms with Crippen molar-refractivity contribution in [2.45, 2.75) is 76.5 Å². The number of amides is 1. The summed E-state index contributed by atoms with van der Waals surface area (Å²) in [6, 6.07) is 23.2. The minimum absolute atomic E-state index is 0.0522. The van der Waals surface area contributed by atoms with Crippen LogP contribution in [0.15, 0.2) is 71.7 Å². The van der Waals surface area contributed by atoms with Crippen molar-refractivity contribution in [3.05, 3.63) is 88.3 Å². The molecule has 0 saturated carbocycles. The van der Waals surface area contributed by atoms with Crippen LogP contribution in [0.25, 0.3) is 10.9 Å². The van der Waals surface area contributed by atoms with Gasteiger partial charge < -0.3 is 19.9 Å².